The number of aromatic nitrogens is 1. The van der Waals surface area contributed by atoms with Gasteiger partial charge in [0, 0.05) is 25.4 Å². The number of nitrogens with one attached hydrogen (secondary N) is 1. The number of pyridine rings is 1. The fourth-order valence-electron chi connectivity index (χ4n) is 2.11. The van der Waals surface area contributed by atoms with Gasteiger partial charge in [-0.05, 0) is 30.7 Å². The van der Waals surface area contributed by atoms with E-state index in [0.717, 1.165) is 5.56 Å². The molecule has 1 heterocycles. The van der Waals surface area contributed by atoms with Crippen molar-refractivity contribution in [3.63, 3.8) is 0 Å². The zero-order valence-corrected chi connectivity index (χ0v) is 13.7. The van der Waals surface area contributed by atoms with Gasteiger partial charge in [-0.3, -0.25) is 9.59 Å². The lowest BCUT2D eigenvalue weighted by Crippen LogP contribution is -2.45. The fraction of sp³-hybridized carbons (Fsp3) is 0.235. The van der Waals surface area contributed by atoms with Gasteiger partial charge in [-0.25, -0.2) is 4.98 Å². The van der Waals surface area contributed by atoms with E-state index in [4.69, 9.17) is 11.6 Å². The van der Waals surface area contributed by atoms with Crippen LogP contribution in [0.3, 0.4) is 0 Å². The maximum atomic E-state index is 12.3. The van der Waals surface area contributed by atoms with Crippen molar-refractivity contribution in [3.05, 3.63) is 64.9 Å². The lowest BCUT2D eigenvalue weighted by Gasteiger charge is -2.22. The Morgan fingerprint density at radius 2 is 1.91 bits per heavy atom. The van der Waals surface area contributed by atoms with Crippen molar-refractivity contribution in [2.75, 3.05) is 7.05 Å². The third-order valence-corrected chi connectivity index (χ3v) is 3.56. The Labute approximate surface area is 140 Å². The van der Waals surface area contributed by atoms with E-state index in [9.17, 15) is 9.59 Å². The third-order valence-electron chi connectivity index (χ3n) is 3.34. The molecule has 0 bridgehead atoms. The number of hydrogen-bond acceptors (Lipinski definition) is 3. The van der Waals surface area contributed by atoms with Gasteiger partial charge in [0.15, 0.2) is 0 Å². The molecular weight excluding hydrogens is 314 g/mol. The van der Waals surface area contributed by atoms with Gasteiger partial charge in [0.1, 0.15) is 11.2 Å². The van der Waals surface area contributed by atoms with Gasteiger partial charge in [0.2, 0.25) is 5.91 Å². The Morgan fingerprint density at radius 3 is 2.52 bits per heavy atom. The molecule has 0 saturated carbocycles. The van der Waals surface area contributed by atoms with Crippen molar-refractivity contribution < 1.29 is 9.59 Å². The number of likely N-dealkylation sites (N-methyl/N-ethyl adjacent to an activating group) is 1. The molecule has 2 aromatic rings. The standard InChI is InChI=1S/C17H18ClN3O2/c1-12(20-16(22)14-6-4-3-5-7-14)17(23)21(2)11-13-8-9-15(18)19-10-13/h3-10,12H,11H2,1-2H3,(H,20,22). The summed E-state index contributed by atoms with van der Waals surface area (Å²) in [4.78, 5) is 29.9. The summed E-state index contributed by atoms with van der Waals surface area (Å²) in [5.41, 5.74) is 1.39. The average molecular weight is 332 g/mol. The van der Waals surface area contributed by atoms with Crippen LogP contribution in [0.25, 0.3) is 0 Å². The number of carbonyl (C=O) groups excluding carboxylic acids is 2. The molecule has 0 saturated heterocycles. The Hall–Kier alpha value is -2.40. The lowest BCUT2D eigenvalue weighted by atomic mass is 10.2. The normalized spacial score (nSPS) is 11.6. The van der Waals surface area contributed by atoms with Gasteiger partial charge >= 0.3 is 0 Å². The first kappa shape index (κ1) is 17.0. The molecule has 120 valence electrons. The van der Waals surface area contributed by atoms with Crippen molar-refractivity contribution in [1.29, 1.82) is 0 Å². The molecule has 2 amide bonds. The molecule has 0 aliphatic heterocycles. The molecule has 6 heteroatoms. The topological polar surface area (TPSA) is 62.3 Å². The van der Waals surface area contributed by atoms with E-state index in [1.165, 1.54) is 0 Å². The molecule has 1 aromatic carbocycles. The highest BCUT2D eigenvalue weighted by atomic mass is 35.5. The van der Waals surface area contributed by atoms with Crippen LogP contribution in [-0.4, -0.2) is 34.8 Å². The molecule has 23 heavy (non-hydrogen) atoms. The number of amides is 2. The predicted octanol–water partition coefficient (Wildman–Crippen LogP) is 2.51. The smallest absolute Gasteiger partial charge is 0.251 e. The summed E-state index contributed by atoms with van der Waals surface area (Å²) in [5, 5.41) is 3.11. The molecule has 1 unspecified atom stereocenters. The highest BCUT2D eigenvalue weighted by molar-refractivity contribution is 6.29. The van der Waals surface area contributed by atoms with E-state index < -0.39 is 6.04 Å². The maximum Gasteiger partial charge on any atom is 0.251 e. The molecule has 2 rings (SSSR count). The first-order chi connectivity index (χ1) is 11.0. The van der Waals surface area contributed by atoms with Crippen LogP contribution in [-0.2, 0) is 11.3 Å². The van der Waals surface area contributed by atoms with Crippen LogP contribution in [0.5, 0.6) is 0 Å². The fourth-order valence-corrected chi connectivity index (χ4v) is 2.23. The summed E-state index contributed by atoms with van der Waals surface area (Å²) in [6.45, 7) is 2.06. The minimum absolute atomic E-state index is 0.177. The van der Waals surface area contributed by atoms with Crippen LogP contribution in [0.1, 0.15) is 22.8 Å². The highest BCUT2D eigenvalue weighted by Crippen LogP contribution is 2.08. The van der Waals surface area contributed by atoms with E-state index >= 15 is 0 Å². The molecule has 0 radical (unpaired) electrons. The molecule has 1 atom stereocenters. The van der Waals surface area contributed by atoms with Gasteiger partial charge in [0.05, 0.1) is 0 Å². The van der Waals surface area contributed by atoms with Crippen molar-refractivity contribution in [1.82, 2.24) is 15.2 Å². The molecule has 1 N–H and O–H groups in total. The molecular formula is C17H18ClN3O2. The molecule has 0 aliphatic carbocycles. The van der Waals surface area contributed by atoms with Gasteiger partial charge in [-0.2, -0.15) is 0 Å². The zero-order chi connectivity index (χ0) is 16.8. The van der Waals surface area contributed by atoms with Crippen molar-refractivity contribution in [2.24, 2.45) is 0 Å². The highest BCUT2D eigenvalue weighted by Gasteiger charge is 2.20. The maximum absolute atomic E-state index is 12.3. The molecule has 0 spiro atoms. The third kappa shape index (κ3) is 4.79. The van der Waals surface area contributed by atoms with Crippen LogP contribution in [0.15, 0.2) is 48.7 Å². The average Bonchev–Trinajstić information content (AvgIpc) is 2.56. The van der Waals surface area contributed by atoms with Crippen LogP contribution < -0.4 is 5.32 Å². The second-order valence-electron chi connectivity index (χ2n) is 5.24. The van der Waals surface area contributed by atoms with Crippen LogP contribution >= 0.6 is 11.6 Å². The van der Waals surface area contributed by atoms with E-state index in [-0.39, 0.29) is 11.8 Å². The van der Waals surface area contributed by atoms with Crippen LogP contribution in [0, 0.1) is 0 Å². The van der Waals surface area contributed by atoms with E-state index in [2.05, 4.69) is 10.3 Å². The van der Waals surface area contributed by atoms with Gasteiger partial charge < -0.3 is 10.2 Å². The van der Waals surface area contributed by atoms with Crippen molar-refractivity contribution in [3.8, 4) is 0 Å². The largest absolute Gasteiger partial charge is 0.341 e. The molecule has 5 nitrogen and oxygen atoms in total. The summed E-state index contributed by atoms with van der Waals surface area (Å²) in [6.07, 6.45) is 1.62. The summed E-state index contributed by atoms with van der Waals surface area (Å²) < 4.78 is 0. The van der Waals surface area contributed by atoms with Crippen molar-refractivity contribution in [2.45, 2.75) is 19.5 Å². The molecule has 0 aliphatic rings. The Kier molecular flexibility index (Phi) is 5.71. The summed E-state index contributed by atoms with van der Waals surface area (Å²) in [6, 6.07) is 11.7. The summed E-state index contributed by atoms with van der Waals surface area (Å²) >= 11 is 5.74. The first-order valence-electron chi connectivity index (χ1n) is 7.18. The first-order valence-corrected chi connectivity index (χ1v) is 7.56. The number of nitrogens with zero attached hydrogens (tertiary/aromatic N) is 2. The van der Waals surface area contributed by atoms with Crippen LogP contribution in [0.4, 0.5) is 0 Å². The summed E-state index contributed by atoms with van der Waals surface area (Å²) in [5.74, 6) is -0.447. The zero-order valence-electron chi connectivity index (χ0n) is 13.0. The van der Waals surface area contributed by atoms with Gasteiger partial charge in [0.25, 0.3) is 5.91 Å². The Morgan fingerprint density at radius 1 is 1.22 bits per heavy atom. The number of carbonyl (C=O) groups is 2. The molecule has 0 fully saturated rings. The second-order valence-corrected chi connectivity index (χ2v) is 5.63. The number of halogens is 1. The van der Waals surface area contributed by atoms with Crippen LogP contribution in [0.2, 0.25) is 5.15 Å². The van der Waals surface area contributed by atoms with E-state index in [0.29, 0.717) is 17.3 Å². The minimum Gasteiger partial charge on any atom is -0.341 e. The van der Waals surface area contributed by atoms with Gasteiger partial charge in [-0.1, -0.05) is 35.9 Å². The summed E-state index contributed by atoms with van der Waals surface area (Å²) in [7, 11) is 1.68. The number of benzene rings is 1. The number of rotatable bonds is 5. The SMILES string of the molecule is CC(NC(=O)c1ccccc1)C(=O)N(C)Cc1ccc(Cl)nc1. The lowest BCUT2D eigenvalue weighted by molar-refractivity contribution is -0.132. The predicted molar refractivity (Wildman–Crippen MR) is 89.1 cm³/mol. The quantitative estimate of drug-likeness (QED) is 0.856. The second kappa shape index (κ2) is 7.74. The monoisotopic (exact) mass is 331 g/mol. The van der Waals surface area contributed by atoms with E-state index in [1.54, 1.807) is 55.4 Å². The Balaban J connectivity index is 1.93. The molecule has 1 aromatic heterocycles. The van der Waals surface area contributed by atoms with Gasteiger partial charge in [-0.15, -0.1) is 0 Å². The van der Waals surface area contributed by atoms with Crippen molar-refractivity contribution >= 4 is 23.4 Å². The number of hydrogen-bond donors (Lipinski definition) is 1. The Bertz CT molecular complexity index is 674. The minimum atomic E-state index is -0.618. The van der Waals surface area contributed by atoms with E-state index in [1.807, 2.05) is 12.1 Å².